The number of hydrogen-bond donors (Lipinski definition) is 1. The molecule has 0 fully saturated rings. The van der Waals surface area contributed by atoms with Crippen LogP contribution in [-0.4, -0.2) is 23.3 Å². The molecule has 1 N–H and O–H groups in total. The molecule has 3 nitrogen and oxygen atoms in total. The molecule has 0 amide bonds. The van der Waals surface area contributed by atoms with Crippen LogP contribution in [-0.2, 0) is 17.8 Å². The van der Waals surface area contributed by atoms with Crippen LogP contribution >= 0.6 is 0 Å². The molecule has 0 aliphatic rings. The SMILES string of the molecule is CCCCOCCn1ccc(CNC(C)(C)C)c1. The van der Waals surface area contributed by atoms with Crippen molar-refractivity contribution in [3.8, 4) is 0 Å². The van der Waals surface area contributed by atoms with E-state index in [4.69, 9.17) is 4.74 Å². The van der Waals surface area contributed by atoms with E-state index in [0.29, 0.717) is 0 Å². The fourth-order valence-corrected chi connectivity index (χ4v) is 1.62. The summed E-state index contributed by atoms with van der Waals surface area (Å²) in [7, 11) is 0. The molecule has 0 aliphatic heterocycles. The van der Waals surface area contributed by atoms with Gasteiger partial charge in [0, 0.05) is 37.6 Å². The first kappa shape index (κ1) is 15.3. The summed E-state index contributed by atoms with van der Waals surface area (Å²) >= 11 is 0. The van der Waals surface area contributed by atoms with Gasteiger partial charge in [0.05, 0.1) is 6.61 Å². The Bertz CT molecular complexity index is 325. The summed E-state index contributed by atoms with van der Waals surface area (Å²) in [5, 5.41) is 3.49. The first-order valence-corrected chi connectivity index (χ1v) is 6.98. The van der Waals surface area contributed by atoms with Crippen molar-refractivity contribution in [2.45, 2.75) is 59.2 Å². The summed E-state index contributed by atoms with van der Waals surface area (Å²) in [6.45, 7) is 12.3. The number of nitrogens with one attached hydrogen (secondary N) is 1. The number of unbranched alkanes of at least 4 members (excludes halogenated alkanes) is 1. The maximum Gasteiger partial charge on any atom is 0.0645 e. The fourth-order valence-electron chi connectivity index (χ4n) is 1.62. The largest absolute Gasteiger partial charge is 0.380 e. The highest BCUT2D eigenvalue weighted by Crippen LogP contribution is 2.05. The zero-order valence-corrected chi connectivity index (χ0v) is 12.3. The standard InChI is InChI=1S/C15H28N2O/c1-5-6-10-18-11-9-17-8-7-14(13-17)12-16-15(2,3)4/h7-8,13,16H,5-6,9-12H2,1-4H3. The van der Waals surface area contributed by atoms with Crippen molar-refractivity contribution in [3.63, 3.8) is 0 Å². The molecule has 1 aromatic rings. The molecule has 0 saturated heterocycles. The second-order valence-corrected chi connectivity index (χ2v) is 5.83. The Morgan fingerprint density at radius 1 is 1.28 bits per heavy atom. The molecule has 1 rings (SSSR count). The average Bonchev–Trinajstić information content (AvgIpc) is 2.73. The van der Waals surface area contributed by atoms with Crippen molar-refractivity contribution in [2.75, 3.05) is 13.2 Å². The minimum absolute atomic E-state index is 0.172. The van der Waals surface area contributed by atoms with Crippen LogP contribution < -0.4 is 5.32 Å². The number of rotatable bonds is 8. The van der Waals surface area contributed by atoms with Crippen molar-refractivity contribution in [1.82, 2.24) is 9.88 Å². The van der Waals surface area contributed by atoms with Gasteiger partial charge in [-0.3, -0.25) is 0 Å². The van der Waals surface area contributed by atoms with E-state index in [1.807, 2.05) is 0 Å². The lowest BCUT2D eigenvalue weighted by Crippen LogP contribution is -2.34. The minimum atomic E-state index is 0.172. The molecule has 1 heterocycles. The third-order valence-corrected chi connectivity index (χ3v) is 2.77. The lowest BCUT2D eigenvalue weighted by molar-refractivity contribution is 0.123. The van der Waals surface area contributed by atoms with Gasteiger partial charge in [-0.2, -0.15) is 0 Å². The van der Waals surface area contributed by atoms with Gasteiger partial charge in [0.1, 0.15) is 0 Å². The van der Waals surface area contributed by atoms with Crippen LogP contribution in [0.3, 0.4) is 0 Å². The molecule has 0 aromatic carbocycles. The van der Waals surface area contributed by atoms with Crippen molar-refractivity contribution < 1.29 is 4.74 Å². The molecule has 0 bridgehead atoms. The van der Waals surface area contributed by atoms with Gasteiger partial charge in [-0.15, -0.1) is 0 Å². The van der Waals surface area contributed by atoms with Gasteiger partial charge in [0.2, 0.25) is 0 Å². The van der Waals surface area contributed by atoms with Crippen molar-refractivity contribution in [1.29, 1.82) is 0 Å². The van der Waals surface area contributed by atoms with Crippen LogP contribution in [0.1, 0.15) is 46.1 Å². The molecule has 0 spiro atoms. The predicted octanol–water partition coefficient (Wildman–Crippen LogP) is 3.19. The second kappa shape index (κ2) is 7.59. The average molecular weight is 252 g/mol. The molecule has 0 saturated carbocycles. The third-order valence-electron chi connectivity index (χ3n) is 2.77. The lowest BCUT2D eigenvalue weighted by atomic mass is 10.1. The van der Waals surface area contributed by atoms with Crippen LogP contribution in [0.5, 0.6) is 0 Å². The van der Waals surface area contributed by atoms with E-state index < -0.39 is 0 Å². The van der Waals surface area contributed by atoms with Gasteiger partial charge >= 0.3 is 0 Å². The van der Waals surface area contributed by atoms with Crippen LogP contribution in [0.2, 0.25) is 0 Å². The van der Waals surface area contributed by atoms with Gasteiger partial charge in [-0.1, -0.05) is 13.3 Å². The van der Waals surface area contributed by atoms with Gasteiger partial charge < -0.3 is 14.6 Å². The summed E-state index contributed by atoms with van der Waals surface area (Å²) in [5.41, 5.74) is 1.50. The highest BCUT2D eigenvalue weighted by atomic mass is 16.5. The highest BCUT2D eigenvalue weighted by molar-refractivity contribution is 5.10. The second-order valence-electron chi connectivity index (χ2n) is 5.83. The smallest absolute Gasteiger partial charge is 0.0645 e. The summed E-state index contributed by atoms with van der Waals surface area (Å²) < 4.78 is 7.77. The number of nitrogens with zero attached hydrogens (tertiary/aromatic N) is 1. The maximum atomic E-state index is 5.57. The van der Waals surface area contributed by atoms with E-state index in [0.717, 1.165) is 32.7 Å². The van der Waals surface area contributed by atoms with E-state index in [1.165, 1.54) is 12.0 Å². The Labute approximate surface area is 112 Å². The third kappa shape index (κ3) is 6.82. The van der Waals surface area contributed by atoms with Crippen LogP contribution in [0.15, 0.2) is 18.5 Å². The number of ether oxygens (including phenoxy) is 1. The van der Waals surface area contributed by atoms with E-state index in [2.05, 4.69) is 56.0 Å². The van der Waals surface area contributed by atoms with E-state index in [9.17, 15) is 0 Å². The predicted molar refractivity (Wildman–Crippen MR) is 76.8 cm³/mol. The normalized spacial score (nSPS) is 12.0. The zero-order chi connectivity index (χ0) is 13.4. The van der Waals surface area contributed by atoms with Crippen molar-refractivity contribution in [3.05, 3.63) is 24.0 Å². The highest BCUT2D eigenvalue weighted by Gasteiger charge is 2.08. The van der Waals surface area contributed by atoms with Crippen LogP contribution in [0.25, 0.3) is 0 Å². The molecule has 0 unspecified atom stereocenters. The van der Waals surface area contributed by atoms with Crippen LogP contribution in [0, 0.1) is 0 Å². The molecule has 1 aromatic heterocycles. The Morgan fingerprint density at radius 3 is 2.72 bits per heavy atom. The molecular weight excluding hydrogens is 224 g/mol. The maximum absolute atomic E-state index is 5.57. The Morgan fingerprint density at radius 2 is 2.06 bits per heavy atom. The quantitative estimate of drug-likeness (QED) is 0.719. The van der Waals surface area contributed by atoms with Crippen molar-refractivity contribution >= 4 is 0 Å². The summed E-state index contributed by atoms with van der Waals surface area (Å²) in [6.07, 6.45) is 6.68. The van der Waals surface area contributed by atoms with E-state index in [-0.39, 0.29) is 5.54 Å². The first-order chi connectivity index (χ1) is 8.51. The first-order valence-electron chi connectivity index (χ1n) is 6.98. The molecule has 18 heavy (non-hydrogen) atoms. The molecule has 0 atom stereocenters. The van der Waals surface area contributed by atoms with E-state index >= 15 is 0 Å². The fraction of sp³-hybridized carbons (Fsp3) is 0.733. The Balaban J connectivity index is 2.22. The van der Waals surface area contributed by atoms with Crippen LogP contribution in [0.4, 0.5) is 0 Å². The molecule has 104 valence electrons. The van der Waals surface area contributed by atoms with Gasteiger partial charge in [0.25, 0.3) is 0 Å². The molecule has 3 heteroatoms. The lowest BCUT2D eigenvalue weighted by Gasteiger charge is -2.19. The van der Waals surface area contributed by atoms with Crippen molar-refractivity contribution in [2.24, 2.45) is 0 Å². The molecular formula is C15H28N2O. The van der Waals surface area contributed by atoms with Gasteiger partial charge in [-0.25, -0.2) is 0 Å². The molecule has 0 radical (unpaired) electrons. The molecule has 0 aliphatic carbocycles. The Kier molecular flexibility index (Phi) is 6.44. The van der Waals surface area contributed by atoms with Gasteiger partial charge in [0.15, 0.2) is 0 Å². The minimum Gasteiger partial charge on any atom is -0.380 e. The Hall–Kier alpha value is -0.800. The summed E-state index contributed by atoms with van der Waals surface area (Å²) in [6, 6.07) is 2.17. The zero-order valence-electron chi connectivity index (χ0n) is 12.3. The summed E-state index contributed by atoms with van der Waals surface area (Å²) in [5.74, 6) is 0. The summed E-state index contributed by atoms with van der Waals surface area (Å²) in [4.78, 5) is 0. The number of aromatic nitrogens is 1. The topological polar surface area (TPSA) is 26.2 Å². The number of hydrogen-bond acceptors (Lipinski definition) is 2. The van der Waals surface area contributed by atoms with E-state index in [1.54, 1.807) is 0 Å². The van der Waals surface area contributed by atoms with Gasteiger partial charge in [-0.05, 0) is 38.8 Å². The monoisotopic (exact) mass is 252 g/mol.